The average Bonchev–Trinajstić information content (AvgIpc) is 2.23. The molecule has 1 atom stereocenters. The van der Waals surface area contributed by atoms with Crippen LogP contribution in [0.3, 0.4) is 0 Å². The van der Waals surface area contributed by atoms with Crippen LogP contribution in [0.1, 0.15) is 32.6 Å². The number of thioether (sulfide) groups is 1. The molecule has 0 aliphatic rings. The molecule has 0 saturated carbocycles. The van der Waals surface area contributed by atoms with Gasteiger partial charge in [-0.1, -0.05) is 18.7 Å². The second-order valence-electron chi connectivity index (χ2n) is 3.58. The van der Waals surface area contributed by atoms with Gasteiger partial charge in [0.15, 0.2) is 5.12 Å². The molecule has 0 N–H and O–H groups in total. The topological polar surface area (TPSA) is 17.1 Å². The molecule has 0 aromatic heterocycles. The number of hydrogen-bond acceptors (Lipinski definition) is 2. The van der Waals surface area contributed by atoms with E-state index in [0.29, 0.717) is 12.2 Å². The Morgan fingerprint density at radius 2 is 1.88 bits per heavy atom. The number of rotatable bonds is 8. The van der Waals surface area contributed by atoms with E-state index in [9.17, 15) is 26.7 Å². The molecule has 0 aromatic rings. The highest BCUT2D eigenvalue weighted by Crippen LogP contribution is 2.30. The summed E-state index contributed by atoms with van der Waals surface area (Å²) in [7, 11) is 0. The summed E-state index contributed by atoms with van der Waals surface area (Å²) in [5.41, 5.74) is 0. The van der Waals surface area contributed by atoms with E-state index in [2.05, 4.69) is 0 Å². The second kappa shape index (κ2) is 7.89. The molecule has 102 valence electrons. The standard InChI is InChI=1S/C10H15F5OS/c1-2-8(16)17-5-3-4-7(11)6-10(14,15)9(12)13/h7,9H,2-6H2,1H3. The van der Waals surface area contributed by atoms with Crippen molar-refractivity contribution in [3.63, 3.8) is 0 Å². The fourth-order valence-electron chi connectivity index (χ4n) is 1.08. The van der Waals surface area contributed by atoms with Crippen molar-refractivity contribution in [1.29, 1.82) is 0 Å². The lowest BCUT2D eigenvalue weighted by molar-refractivity contribution is -0.142. The lowest BCUT2D eigenvalue weighted by atomic mass is 10.1. The number of hydrogen-bond donors (Lipinski definition) is 0. The molecule has 0 aliphatic carbocycles. The third kappa shape index (κ3) is 7.57. The van der Waals surface area contributed by atoms with Crippen molar-refractivity contribution in [2.75, 3.05) is 5.75 Å². The van der Waals surface area contributed by atoms with Gasteiger partial charge in [0.2, 0.25) is 0 Å². The normalized spacial score (nSPS) is 14.1. The first-order valence-electron chi connectivity index (χ1n) is 5.25. The Hall–Kier alpha value is -0.330. The summed E-state index contributed by atoms with van der Waals surface area (Å²) in [6, 6.07) is 0. The van der Waals surface area contributed by atoms with E-state index in [4.69, 9.17) is 0 Å². The van der Waals surface area contributed by atoms with Crippen molar-refractivity contribution in [3.8, 4) is 0 Å². The minimum Gasteiger partial charge on any atom is -0.287 e. The van der Waals surface area contributed by atoms with Gasteiger partial charge in [0, 0.05) is 18.6 Å². The zero-order chi connectivity index (χ0) is 13.5. The van der Waals surface area contributed by atoms with Crippen LogP contribution < -0.4 is 0 Å². The van der Waals surface area contributed by atoms with Crippen LogP contribution in [0.4, 0.5) is 22.0 Å². The van der Waals surface area contributed by atoms with Crippen LogP contribution in [0, 0.1) is 0 Å². The van der Waals surface area contributed by atoms with Crippen molar-refractivity contribution in [1.82, 2.24) is 0 Å². The Labute approximate surface area is 101 Å². The summed E-state index contributed by atoms with van der Waals surface area (Å²) in [6.07, 6.45) is -6.92. The zero-order valence-electron chi connectivity index (χ0n) is 9.40. The highest BCUT2D eigenvalue weighted by Gasteiger charge is 2.42. The molecule has 17 heavy (non-hydrogen) atoms. The fourth-order valence-corrected chi connectivity index (χ4v) is 1.82. The first kappa shape index (κ1) is 16.7. The molecule has 0 saturated heterocycles. The zero-order valence-corrected chi connectivity index (χ0v) is 10.2. The van der Waals surface area contributed by atoms with Crippen LogP contribution >= 0.6 is 11.8 Å². The van der Waals surface area contributed by atoms with Crippen LogP contribution in [-0.4, -0.2) is 29.4 Å². The summed E-state index contributed by atoms with van der Waals surface area (Å²) >= 11 is 1.00. The van der Waals surface area contributed by atoms with E-state index in [1.807, 2.05) is 0 Å². The Bertz CT molecular complexity index is 235. The maximum atomic E-state index is 13.0. The summed E-state index contributed by atoms with van der Waals surface area (Å²) < 4.78 is 61.3. The van der Waals surface area contributed by atoms with E-state index >= 15 is 0 Å². The molecule has 0 aromatic carbocycles. The molecule has 0 spiro atoms. The van der Waals surface area contributed by atoms with E-state index < -0.39 is 24.9 Å². The number of carbonyl (C=O) groups excluding carboxylic acids is 1. The highest BCUT2D eigenvalue weighted by molar-refractivity contribution is 8.13. The SMILES string of the molecule is CCC(=O)SCCCC(F)CC(F)(F)C(F)F. The van der Waals surface area contributed by atoms with Crippen molar-refractivity contribution in [2.45, 2.75) is 51.1 Å². The van der Waals surface area contributed by atoms with Gasteiger partial charge < -0.3 is 0 Å². The second-order valence-corrected chi connectivity index (χ2v) is 4.73. The fraction of sp³-hybridized carbons (Fsp3) is 0.900. The molecular weight excluding hydrogens is 263 g/mol. The van der Waals surface area contributed by atoms with Gasteiger partial charge in [-0.05, 0) is 12.8 Å². The van der Waals surface area contributed by atoms with E-state index in [1.165, 1.54) is 0 Å². The summed E-state index contributed by atoms with van der Waals surface area (Å²) in [5, 5.41) is -0.0571. The van der Waals surface area contributed by atoms with Crippen LogP contribution in [0.25, 0.3) is 0 Å². The van der Waals surface area contributed by atoms with Crippen LogP contribution in [0.15, 0.2) is 0 Å². The number of halogens is 5. The average molecular weight is 278 g/mol. The van der Waals surface area contributed by atoms with E-state index in [-0.39, 0.29) is 18.0 Å². The molecule has 0 fully saturated rings. The maximum absolute atomic E-state index is 13.0. The first-order chi connectivity index (χ1) is 7.79. The van der Waals surface area contributed by atoms with Crippen LogP contribution in [0.2, 0.25) is 0 Å². The van der Waals surface area contributed by atoms with Gasteiger partial charge in [-0.2, -0.15) is 0 Å². The van der Waals surface area contributed by atoms with Gasteiger partial charge in [0.05, 0.1) is 0 Å². The van der Waals surface area contributed by atoms with Gasteiger partial charge in [0.25, 0.3) is 0 Å². The van der Waals surface area contributed by atoms with Crippen molar-refractivity contribution in [2.24, 2.45) is 0 Å². The van der Waals surface area contributed by atoms with Crippen molar-refractivity contribution in [3.05, 3.63) is 0 Å². The molecule has 0 aliphatic heterocycles. The quantitative estimate of drug-likeness (QED) is 0.492. The Kier molecular flexibility index (Phi) is 7.74. The molecular formula is C10H15F5OS. The minimum absolute atomic E-state index is 0.0571. The predicted molar refractivity (Wildman–Crippen MR) is 57.5 cm³/mol. The van der Waals surface area contributed by atoms with Gasteiger partial charge in [-0.25, -0.2) is 22.0 Å². The lowest BCUT2D eigenvalue weighted by Gasteiger charge is -2.17. The third-order valence-electron chi connectivity index (χ3n) is 2.03. The molecule has 0 radical (unpaired) electrons. The van der Waals surface area contributed by atoms with E-state index in [0.717, 1.165) is 11.8 Å². The summed E-state index contributed by atoms with van der Waals surface area (Å²) in [5.74, 6) is -3.95. The van der Waals surface area contributed by atoms with Gasteiger partial charge in [0.1, 0.15) is 6.17 Å². The highest BCUT2D eigenvalue weighted by atomic mass is 32.2. The summed E-state index contributed by atoms with van der Waals surface area (Å²) in [4.78, 5) is 10.8. The third-order valence-corrected chi connectivity index (χ3v) is 3.13. The number of alkyl halides is 5. The summed E-state index contributed by atoms with van der Waals surface area (Å²) in [6.45, 7) is 1.68. The maximum Gasteiger partial charge on any atom is 0.310 e. The number of carbonyl (C=O) groups is 1. The van der Waals surface area contributed by atoms with Crippen LogP contribution in [-0.2, 0) is 4.79 Å². The molecule has 7 heteroatoms. The van der Waals surface area contributed by atoms with E-state index in [1.54, 1.807) is 6.92 Å². The Morgan fingerprint density at radius 1 is 1.29 bits per heavy atom. The van der Waals surface area contributed by atoms with Crippen molar-refractivity contribution >= 4 is 16.9 Å². The Morgan fingerprint density at radius 3 is 2.35 bits per heavy atom. The predicted octanol–water partition coefficient (Wildman–Crippen LogP) is 4.07. The van der Waals surface area contributed by atoms with Crippen LogP contribution in [0.5, 0.6) is 0 Å². The first-order valence-corrected chi connectivity index (χ1v) is 6.23. The molecule has 0 rings (SSSR count). The van der Waals surface area contributed by atoms with Gasteiger partial charge >= 0.3 is 12.3 Å². The molecule has 0 amide bonds. The lowest BCUT2D eigenvalue weighted by Crippen LogP contribution is -2.30. The molecule has 0 bridgehead atoms. The van der Waals surface area contributed by atoms with Crippen molar-refractivity contribution < 1.29 is 26.7 Å². The largest absolute Gasteiger partial charge is 0.310 e. The van der Waals surface area contributed by atoms with Gasteiger partial charge in [-0.3, -0.25) is 4.79 Å². The molecule has 1 nitrogen and oxygen atoms in total. The molecule has 0 heterocycles. The minimum atomic E-state index is -4.27. The molecule has 1 unspecified atom stereocenters. The Balaban J connectivity index is 3.73. The monoisotopic (exact) mass is 278 g/mol. The smallest absolute Gasteiger partial charge is 0.287 e. The van der Waals surface area contributed by atoms with Gasteiger partial charge in [-0.15, -0.1) is 0 Å².